The summed E-state index contributed by atoms with van der Waals surface area (Å²) in [4.78, 5) is 13.0. The van der Waals surface area contributed by atoms with Crippen LogP contribution in [0, 0.1) is 13.8 Å². The van der Waals surface area contributed by atoms with Crippen molar-refractivity contribution in [3.8, 4) is 0 Å². The van der Waals surface area contributed by atoms with E-state index < -0.39 is 12.0 Å². The van der Waals surface area contributed by atoms with Crippen LogP contribution in [0.2, 0.25) is 0 Å². The van der Waals surface area contributed by atoms with Crippen LogP contribution in [0.25, 0.3) is 0 Å². The highest BCUT2D eigenvalue weighted by Crippen LogP contribution is 2.36. The predicted molar refractivity (Wildman–Crippen MR) is 67.4 cm³/mol. The summed E-state index contributed by atoms with van der Waals surface area (Å²) >= 11 is 0. The van der Waals surface area contributed by atoms with Crippen molar-refractivity contribution in [2.24, 2.45) is 5.73 Å². The summed E-state index contributed by atoms with van der Waals surface area (Å²) in [5.74, 6) is -0.941. The lowest BCUT2D eigenvalue weighted by Crippen LogP contribution is -2.49. The smallest absolute Gasteiger partial charge is 0.322 e. The van der Waals surface area contributed by atoms with Crippen molar-refractivity contribution in [1.29, 1.82) is 0 Å². The SMILES string of the molecule is Cc1ccc2c(c1C)N(C)C(C(N)C(=O)O)C2. The average molecular weight is 234 g/mol. The number of hydrogen-bond donors (Lipinski definition) is 2. The van der Waals surface area contributed by atoms with Crippen LogP contribution < -0.4 is 10.6 Å². The molecule has 0 fully saturated rings. The van der Waals surface area contributed by atoms with Gasteiger partial charge in [0.2, 0.25) is 0 Å². The molecule has 1 aromatic carbocycles. The summed E-state index contributed by atoms with van der Waals surface area (Å²) in [5, 5.41) is 9.01. The molecule has 0 bridgehead atoms. The van der Waals surface area contributed by atoms with Crippen LogP contribution in [-0.4, -0.2) is 30.2 Å². The Hall–Kier alpha value is -1.55. The minimum absolute atomic E-state index is 0.150. The van der Waals surface area contributed by atoms with Gasteiger partial charge in [-0.25, -0.2) is 0 Å². The van der Waals surface area contributed by atoms with Gasteiger partial charge < -0.3 is 15.7 Å². The number of rotatable bonds is 2. The molecule has 0 saturated heterocycles. The first-order chi connectivity index (χ1) is 7.93. The number of carbonyl (C=O) groups is 1. The molecule has 4 heteroatoms. The number of aliphatic carboxylic acids is 1. The number of fused-ring (bicyclic) bond motifs is 1. The fraction of sp³-hybridized carbons (Fsp3) is 0.462. The van der Waals surface area contributed by atoms with Gasteiger partial charge in [-0.2, -0.15) is 0 Å². The van der Waals surface area contributed by atoms with E-state index in [0.29, 0.717) is 6.42 Å². The number of hydrogen-bond acceptors (Lipinski definition) is 3. The average Bonchev–Trinajstić information content (AvgIpc) is 2.61. The number of anilines is 1. The molecule has 0 radical (unpaired) electrons. The van der Waals surface area contributed by atoms with Crippen molar-refractivity contribution in [2.45, 2.75) is 32.4 Å². The van der Waals surface area contributed by atoms with Crippen molar-refractivity contribution >= 4 is 11.7 Å². The fourth-order valence-corrected chi connectivity index (χ4v) is 2.57. The van der Waals surface area contributed by atoms with Gasteiger partial charge in [-0.3, -0.25) is 4.79 Å². The van der Waals surface area contributed by atoms with Crippen molar-refractivity contribution in [1.82, 2.24) is 0 Å². The van der Waals surface area contributed by atoms with Gasteiger partial charge in [-0.15, -0.1) is 0 Å². The third-order valence-electron chi connectivity index (χ3n) is 3.76. The van der Waals surface area contributed by atoms with Crippen LogP contribution in [0.5, 0.6) is 0 Å². The zero-order valence-corrected chi connectivity index (χ0v) is 10.4. The fourth-order valence-electron chi connectivity index (χ4n) is 2.57. The van der Waals surface area contributed by atoms with E-state index in [0.717, 1.165) is 5.69 Å². The number of carboxylic acids is 1. The zero-order chi connectivity index (χ0) is 12.7. The molecule has 1 aliphatic rings. The van der Waals surface area contributed by atoms with Gasteiger partial charge in [-0.1, -0.05) is 12.1 Å². The zero-order valence-electron chi connectivity index (χ0n) is 10.4. The predicted octanol–water partition coefficient (Wildman–Crippen LogP) is 1.08. The van der Waals surface area contributed by atoms with E-state index in [1.807, 2.05) is 11.9 Å². The number of carboxylic acid groups (broad SMARTS) is 1. The molecule has 0 spiro atoms. The van der Waals surface area contributed by atoms with Crippen LogP contribution in [0.1, 0.15) is 16.7 Å². The van der Waals surface area contributed by atoms with Gasteiger partial charge in [0.05, 0.1) is 6.04 Å². The number of nitrogens with two attached hydrogens (primary N) is 1. The summed E-state index contributed by atoms with van der Waals surface area (Å²) in [6.45, 7) is 4.13. The second kappa shape index (κ2) is 4.04. The molecule has 4 nitrogen and oxygen atoms in total. The molecule has 92 valence electrons. The highest BCUT2D eigenvalue weighted by molar-refractivity contribution is 5.77. The monoisotopic (exact) mass is 234 g/mol. The van der Waals surface area contributed by atoms with E-state index >= 15 is 0 Å². The molecule has 2 unspecified atom stereocenters. The quantitative estimate of drug-likeness (QED) is 0.803. The molecule has 1 aromatic rings. The lowest BCUT2D eigenvalue weighted by atomic mass is 10.0. The molecule has 0 amide bonds. The normalized spacial score (nSPS) is 20.2. The Labute approximate surface area is 101 Å². The molecule has 0 aromatic heterocycles. The maximum Gasteiger partial charge on any atom is 0.322 e. The van der Waals surface area contributed by atoms with Gasteiger partial charge in [0.1, 0.15) is 6.04 Å². The van der Waals surface area contributed by atoms with Gasteiger partial charge in [0.15, 0.2) is 0 Å². The van der Waals surface area contributed by atoms with Crippen molar-refractivity contribution in [2.75, 3.05) is 11.9 Å². The molecule has 1 heterocycles. The second-order valence-corrected chi connectivity index (χ2v) is 4.76. The summed E-state index contributed by atoms with van der Waals surface area (Å²) < 4.78 is 0. The van der Waals surface area contributed by atoms with Crippen LogP contribution in [0.4, 0.5) is 5.69 Å². The van der Waals surface area contributed by atoms with Crippen LogP contribution in [0.3, 0.4) is 0 Å². The Morgan fingerprint density at radius 1 is 1.53 bits per heavy atom. The molecule has 3 N–H and O–H groups in total. The van der Waals surface area contributed by atoms with Crippen LogP contribution >= 0.6 is 0 Å². The molecule has 2 rings (SSSR count). The topological polar surface area (TPSA) is 66.6 Å². The van der Waals surface area contributed by atoms with Crippen LogP contribution in [0.15, 0.2) is 12.1 Å². The molecule has 2 atom stereocenters. The van der Waals surface area contributed by atoms with Gasteiger partial charge in [0, 0.05) is 12.7 Å². The Morgan fingerprint density at radius 2 is 2.18 bits per heavy atom. The second-order valence-electron chi connectivity index (χ2n) is 4.76. The molecule has 0 aliphatic carbocycles. The van der Waals surface area contributed by atoms with E-state index in [4.69, 9.17) is 10.8 Å². The number of benzene rings is 1. The Morgan fingerprint density at radius 3 is 2.76 bits per heavy atom. The van der Waals surface area contributed by atoms with E-state index in [1.165, 1.54) is 16.7 Å². The summed E-state index contributed by atoms with van der Waals surface area (Å²) in [6, 6.07) is 3.16. The minimum atomic E-state index is -0.941. The first kappa shape index (κ1) is 11.9. The summed E-state index contributed by atoms with van der Waals surface area (Å²) in [6.07, 6.45) is 0.709. The lowest BCUT2D eigenvalue weighted by Gasteiger charge is -2.26. The minimum Gasteiger partial charge on any atom is -0.480 e. The van der Waals surface area contributed by atoms with Gasteiger partial charge in [-0.05, 0) is 37.0 Å². The van der Waals surface area contributed by atoms with E-state index in [1.54, 1.807) is 0 Å². The number of likely N-dealkylation sites (N-methyl/N-ethyl adjacent to an activating group) is 1. The largest absolute Gasteiger partial charge is 0.480 e. The third kappa shape index (κ3) is 1.78. The molecular weight excluding hydrogens is 216 g/mol. The standard InChI is InChI=1S/C13H18N2O2/c1-7-4-5-9-6-10(11(14)13(16)17)15(3)12(9)8(7)2/h4-5,10-11H,6,14H2,1-3H3,(H,16,17). The summed E-state index contributed by atoms with van der Waals surface area (Å²) in [5.41, 5.74) is 10.5. The molecule has 1 aliphatic heterocycles. The van der Waals surface area contributed by atoms with Crippen LogP contribution in [-0.2, 0) is 11.2 Å². The third-order valence-corrected chi connectivity index (χ3v) is 3.76. The number of nitrogens with zero attached hydrogens (tertiary/aromatic N) is 1. The van der Waals surface area contributed by atoms with E-state index in [2.05, 4.69) is 26.0 Å². The van der Waals surface area contributed by atoms with Crippen molar-refractivity contribution in [3.05, 3.63) is 28.8 Å². The van der Waals surface area contributed by atoms with E-state index in [9.17, 15) is 4.79 Å². The van der Waals surface area contributed by atoms with Gasteiger partial charge in [0.25, 0.3) is 0 Å². The van der Waals surface area contributed by atoms with Gasteiger partial charge >= 0.3 is 5.97 Å². The Kier molecular flexibility index (Phi) is 2.83. The first-order valence-electron chi connectivity index (χ1n) is 5.73. The number of aryl methyl sites for hydroxylation is 1. The summed E-state index contributed by atoms with van der Waals surface area (Å²) in [7, 11) is 1.92. The molecule has 0 saturated carbocycles. The highest BCUT2D eigenvalue weighted by atomic mass is 16.4. The maximum absolute atomic E-state index is 11.0. The van der Waals surface area contributed by atoms with Crippen molar-refractivity contribution < 1.29 is 9.90 Å². The van der Waals surface area contributed by atoms with E-state index in [-0.39, 0.29) is 6.04 Å². The highest BCUT2D eigenvalue weighted by Gasteiger charge is 2.35. The maximum atomic E-state index is 11.0. The molecule has 17 heavy (non-hydrogen) atoms. The first-order valence-corrected chi connectivity index (χ1v) is 5.73. The van der Waals surface area contributed by atoms with Crippen molar-refractivity contribution in [3.63, 3.8) is 0 Å². The molecular formula is C13H18N2O2. The Bertz CT molecular complexity index is 471. The Balaban J connectivity index is 2.39. The lowest BCUT2D eigenvalue weighted by molar-refractivity contribution is -0.138.